The molecule has 8 heteroatoms. The molecule has 0 spiro atoms. The molecule has 1 N–H and O–H groups in total. The number of hydrogen-bond donors (Lipinski definition) is 1. The van der Waals surface area contributed by atoms with E-state index in [4.69, 9.17) is 14.3 Å². The van der Waals surface area contributed by atoms with E-state index in [9.17, 15) is 13.6 Å². The van der Waals surface area contributed by atoms with Gasteiger partial charge in [-0.25, -0.2) is 18.6 Å². The molecule has 1 rings (SSSR count). The van der Waals surface area contributed by atoms with Crippen molar-refractivity contribution >= 4 is 5.97 Å². The summed E-state index contributed by atoms with van der Waals surface area (Å²) in [6, 6.07) is 0. The number of carbonyl (C=O) groups is 1. The maximum Gasteiger partial charge on any atom is 0.362 e. The van der Waals surface area contributed by atoms with Crippen LogP contribution in [0, 0.1) is 0 Å². The molecule has 1 aromatic rings. The molecule has 0 aliphatic heterocycles. The number of rotatable bonds is 8. The van der Waals surface area contributed by atoms with Gasteiger partial charge >= 0.3 is 11.9 Å². The van der Waals surface area contributed by atoms with Gasteiger partial charge in [0.05, 0.1) is 13.2 Å². The van der Waals surface area contributed by atoms with Crippen LogP contribution in [0.5, 0.6) is 5.95 Å². The van der Waals surface area contributed by atoms with E-state index in [1.54, 1.807) is 6.92 Å². The Morgan fingerprint density at radius 3 is 2.83 bits per heavy atom. The number of aromatic carboxylic acids is 1. The van der Waals surface area contributed by atoms with Crippen LogP contribution >= 0.6 is 0 Å². The molecule has 6 nitrogen and oxygen atoms in total. The predicted octanol–water partition coefficient (Wildman–Crippen LogP) is 1.60. The van der Waals surface area contributed by atoms with Gasteiger partial charge in [0.25, 0.3) is 6.43 Å². The summed E-state index contributed by atoms with van der Waals surface area (Å²) in [6.07, 6.45) is -2.44. The zero-order valence-electron chi connectivity index (χ0n) is 9.69. The zero-order valence-corrected chi connectivity index (χ0v) is 9.69. The van der Waals surface area contributed by atoms with Crippen LogP contribution in [0.4, 0.5) is 8.78 Å². The van der Waals surface area contributed by atoms with Crippen molar-refractivity contribution in [2.45, 2.75) is 19.8 Å². The molecule has 1 aromatic heterocycles. The lowest BCUT2D eigenvalue weighted by Gasteiger charge is -2.00. The first-order valence-electron chi connectivity index (χ1n) is 5.26. The van der Waals surface area contributed by atoms with Gasteiger partial charge in [0.1, 0.15) is 6.61 Å². The van der Waals surface area contributed by atoms with Crippen molar-refractivity contribution in [3.05, 3.63) is 11.6 Å². The van der Waals surface area contributed by atoms with Gasteiger partial charge in [-0.05, 0) is 6.92 Å². The van der Waals surface area contributed by atoms with Crippen molar-refractivity contribution in [3.63, 3.8) is 0 Å². The number of aromatic nitrogens is 1. The van der Waals surface area contributed by atoms with Gasteiger partial charge in [0, 0.05) is 6.42 Å². The molecule has 0 aromatic carbocycles. The van der Waals surface area contributed by atoms with Gasteiger partial charge in [-0.1, -0.05) is 0 Å². The molecular formula is C10H13F2NO5. The topological polar surface area (TPSA) is 81.8 Å². The van der Waals surface area contributed by atoms with E-state index in [1.165, 1.54) is 0 Å². The first kappa shape index (κ1) is 14.4. The fourth-order valence-electron chi connectivity index (χ4n) is 1.15. The first-order chi connectivity index (χ1) is 8.54. The van der Waals surface area contributed by atoms with Gasteiger partial charge in [-0.15, -0.1) is 0 Å². The van der Waals surface area contributed by atoms with Gasteiger partial charge in [-0.2, -0.15) is 0 Å². The number of carboxylic acids is 1. The van der Waals surface area contributed by atoms with Crippen molar-refractivity contribution in [2.24, 2.45) is 0 Å². The quantitative estimate of drug-likeness (QED) is 0.719. The second kappa shape index (κ2) is 6.90. The summed E-state index contributed by atoms with van der Waals surface area (Å²) in [4.78, 5) is 14.5. The normalized spacial score (nSPS) is 10.9. The Balaban J connectivity index is 2.55. The maximum absolute atomic E-state index is 11.8. The average Bonchev–Trinajstić information content (AvgIpc) is 2.68. The number of alkyl halides is 2. The van der Waals surface area contributed by atoms with Crippen LogP contribution in [0.25, 0.3) is 0 Å². The van der Waals surface area contributed by atoms with E-state index in [2.05, 4.69) is 9.72 Å². The number of hydrogen-bond acceptors (Lipinski definition) is 5. The summed E-state index contributed by atoms with van der Waals surface area (Å²) < 4.78 is 38.2. The number of oxazole rings is 1. The average molecular weight is 265 g/mol. The van der Waals surface area contributed by atoms with E-state index in [0.29, 0.717) is 0 Å². The summed E-state index contributed by atoms with van der Waals surface area (Å²) >= 11 is 0. The third kappa shape index (κ3) is 4.28. The molecule has 1 heterocycles. The van der Waals surface area contributed by atoms with E-state index >= 15 is 0 Å². The molecule has 0 saturated carbocycles. The largest absolute Gasteiger partial charge is 0.476 e. The Kier molecular flexibility index (Phi) is 5.50. The lowest BCUT2D eigenvalue weighted by Crippen LogP contribution is -2.07. The smallest absolute Gasteiger partial charge is 0.362 e. The molecule has 0 unspecified atom stereocenters. The first-order valence-corrected chi connectivity index (χ1v) is 5.26. The minimum Gasteiger partial charge on any atom is -0.476 e. The second-order valence-electron chi connectivity index (χ2n) is 3.20. The van der Waals surface area contributed by atoms with E-state index < -0.39 is 19.0 Å². The highest BCUT2D eigenvalue weighted by atomic mass is 19.3. The van der Waals surface area contributed by atoms with Crippen molar-refractivity contribution < 1.29 is 32.6 Å². The van der Waals surface area contributed by atoms with E-state index in [-0.39, 0.29) is 37.2 Å². The molecule has 0 aliphatic rings. The molecule has 0 atom stereocenters. The third-order valence-corrected chi connectivity index (χ3v) is 1.82. The van der Waals surface area contributed by atoms with E-state index in [1.807, 2.05) is 0 Å². The summed E-state index contributed by atoms with van der Waals surface area (Å²) in [7, 11) is 0. The Bertz CT molecular complexity index is 394. The second-order valence-corrected chi connectivity index (χ2v) is 3.20. The highest BCUT2D eigenvalue weighted by Crippen LogP contribution is 2.20. The van der Waals surface area contributed by atoms with Crippen LogP contribution in [0.2, 0.25) is 0 Å². The molecule has 0 bridgehead atoms. The predicted molar refractivity (Wildman–Crippen MR) is 55.2 cm³/mol. The van der Waals surface area contributed by atoms with Crippen LogP contribution in [-0.2, 0) is 11.2 Å². The molecule has 0 saturated heterocycles. The van der Waals surface area contributed by atoms with Crippen molar-refractivity contribution in [3.8, 4) is 5.95 Å². The van der Waals surface area contributed by atoms with Gasteiger partial charge in [0.2, 0.25) is 11.6 Å². The Morgan fingerprint density at radius 1 is 1.56 bits per heavy atom. The van der Waals surface area contributed by atoms with Crippen LogP contribution in [0.15, 0.2) is 4.42 Å². The van der Waals surface area contributed by atoms with E-state index in [0.717, 1.165) is 0 Å². The van der Waals surface area contributed by atoms with Gasteiger partial charge in [0.15, 0.2) is 0 Å². The number of nitrogens with zero attached hydrogens (tertiary/aromatic N) is 1. The SMILES string of the molecule is CCOc1oc(CCOCC(F)F)nc1C(=O)O. The van der Waals surface area contributed by atoms with Crippen LogP contribution < -0.4 is 4.74 Å². The standard InChI is InChI=1S/C10H13F2NO5/c1-2-17-10-8(9(14)15)13-7(18-10)3-4-16-5-6(11)12/h6H,2-5H2,1H3,(H,14,15). The highest BCUT2D eigenvalue weighted by Gasteiger charge is 2.20. The maximum atomic E-state index is 11.8. The Morgan fingerprint density at radius 2 is 2.28 bits per heavy atom. The fourth-order valence-corrected chi connectivity index (χ4v) is 1.15. The van der Waals surface area contributed by atoms with Crippen molar-refractivity contribution in [2.75, 3.05) is 19.8 Å². The van der Waals surface area contributed by atoms with Crippen molar-refractivity contribution in [1.82, 2.24) is 4.98 Å². The fraction of sp³-hybridized carbons (Fsp3) is 0.600. The third-order valence-electron chi connectivity index (χ3n) is 1.82. The molecule has 18 heavy (non-hydrogen) atoms. The molecular weight excluding hydrogens is 252 g/mol. The summed E-state index contributed by atoms with van der Waals surface area (Å²) in [5.41, 5.74) is -0.333. The van der Waals surface area contributed by atoms with Crippen LogP contribution in [0.1, 0.15) is 23.3 Å². The van der Waals surface area contributed by atoms with Gasteiger partial charge < -0.3 is 19.0 Å². The zero-order chi connectivity index (χ0) is 13.5. The van der Waals surface area contributed by atoms with Gasteiger partial charge in [-0.3, -0.25) is 0 Å². The molecule has 0 radical (unpaired) electrons. The molecule has 0 fully saturated rings. The lowest BCUT2D eigenvalue weighted by molar-refractivity contribution is 0.0172. The molecule has 0 aliphatic carbocycles. The minimum absolute atomic E-state index is 0.0323. The Labute approximate surface area is 102 Å². The van der Waals surface area contributed by atoms with Crippen molar-refractivity contribution in [1.29, 1.82) is 0 Å². The molecule has 0 amide bonds. The minimum atomic E-state index is -2.54. The summed E-state index contributed by atoms with van der Waals surface area (Å²) in [6.45, 7) is 1.19. The van der Waals surface area contributed by atoms with Crippen LogP contribution in [0.3, 0.4) is 0 Å². The number of halogens is 2. The lowest BCUT2D eigenvalue weighted by atomic mass is 10.4. The number of ether oxygens (including phenoxy) is 2. The monoisotopic (exact) mass is 265 g/mol. The highest BCUT2D eigenvalue weighted by molar-refractivity contribution is 5.87. The summed E-state index contributed by atoms with van der Waals surface area (Å²) in [5, 5.41) is 8.82. The Hall–Kier alpha value is -1.70. The van der Waals surface area contributed by atoms with Crippen LogP contribution in [-0.4, -0.2) is 42.3 Å². The summed E-state index contributed by atoms with van der Waals surface area (Å²) in [5.74, 6) is -1.39. The number of carboxylic acid groups (broad SMARTS) is 1. The molecule has 102 valence electrons.